The minimum Gasteiger partial charge on any atom is -0.364 e. The lowest BCUT2D eigenvalue weighted by Crippen LogP contribution is -2.34. The third kappa shape index (κ3) is 2.01. The SMILES string of the molecule is NCCC1CC2CC2N1c1cnc(Cl)c(Cl)c1. The van der Waals surface area contributed by atoms with Crippen LogP contribution in [-0.4, -0.2) is 23.6 Å². The van der Waals surface area contributed by atoms with Crippen molar-refractivity contribution in [1.82, 2.24) is 4.98 Å². The lowest BCUT2D eigenvalue weighted by atomic mass is 10.1. The first-order valence-electron chi connectivity index (χ1n) is 6.00. The number of nitrogens with two attached hydrogens (primary N) is 1. The standard InChI is InChI=1S/C12H15Cl2N3/c13-10-5-9(6-16-12(10)14)17-8(1-2-15)3-7-4-11(7)17/h5-8,11H,1-4,15H2. The van der Waals surface area contributed by atoms with Crippen LogP contribution in [0, 0.1) is 5.92 Å². The zero-order valence-corrected chi connectivity index (χ0v) is 11.0. The molecule has 5 heteroatoms. The Kier molecular flexibility index (Phi) is 2.93. The molecule has 0 spiro atoms. The molecule has 1 aliphatic heterocycles. The van der Waals surface area contributed by atoms with E-state index in [-0.39, 0.29) is 0 Å². The number of nitrogens with zero attached hydrogens (tertiary/aromatic N) is 2. The molecule has 3 nitrogen and oxygen atoms in total. The normalized spacial score (nSPS) is 30.5. The molecule has 0 bridgehead atoms. The van der Waals surface area contributed by atoms with Gasteiger partial charge in [0.15, 0.2) is 0 Å². The molecular formula is C12H15Cl2N3. The average Bonchev–Trinajstić information content (AvgIpc) is 2.96. The third-order valence-electron chi connectivity index (χ3n) is 3.79. The Labute approximate surface area is 111 Å². The lowest BCUT2D eigenvalue weighted by molar-refractivity contribution is 0.563. The molecule has 3 unspecified atom stereocenters. The predicted molar refractivity (Wildman–Crippen MR) is 70.7 cm³/mol. The second-order valence-corrected chi connectivity index (χ2v) is 5.67. The van der Waals surface area contributed by atoms with Gasteiger partial charge >= 0.3 is 0 Å². The van der Waals surface area contributed by atoms with E-state index in [1.165, 1.54) is 12.8 Å². The van der Waals surface area contributed by atoms with Crippen LogP contribution in [0.15, 0.2) is 12.3 Å². The van der Waals surface area contributed by atoms with Crippen LogP contribution < -0.4 is 10.6 Å². The van der Waals surface area contributed by atoms with Gasteiger partial charge in [-0.2, -0.15) is 0 Å². The zero-order chi connectivity index (χ0) is 12.0. The minimum atomic E-state index is 0.373. The Hall–Kier alpha value is -0.510. The number of fused-ring (bicyclic) bond motifs is 1. The molecule has 92 valence electrons. The molecule has 2 fully saturated rings. The maximum atomic E-state index is 6.03. The number of rotatable bonds is 3. The summed E-state index contributed by atoms with van der Waals surface area (Å²) in [5.74, 6) is 0.848. The maximum absolute atomic E-state index is 6.03. The minimum absolute atomic E-state index is 0.373. The molecule has 0 amide bonds. The molecular weight excluding hydrogens is 257 g/mol. The van der Waals surface area contributed by atoms with E-state index in [0.717, 1.165) is 24.6 Å². The van der Waals surface area contributed by atoms with E-state index in [1.807, 2.05) is 12.3 Å². The van der Waals surface area contributed by atoms with Crippen molar-refractivity contribution in [1.29, 1.82) is 0 Å². The predicted octanol–water partition coefficient (Wildman–Crippen LogP) is 2.70. The molecule has 17 heavy (non-hydrogen) atoms. The summed E-state index contributed by atoms with van der Waals surface area (Å²) in [4.78, 5) is 6.57. The highest BCUT2D eigenvalue weighted by molar-refractivity contribution is 6.41. The van der Waals surface area contributed by atoms with Gasteiger partial charge in [-0.05, 0) is 37.8 Å². The van der Waals surface area contributed by atoms with E-state index in [9.17, 15) is 0 Å². The van der Waals surface area contributed by atoms with Crippen LogP contribution in [0.3, 0.4) is 0 Å². The van der Waals surface area contributed by atoms with Gasteiger partial charge in [0.05, 0.1) is 16.9 Å². The Bertz CT molecular complexity index is 438. The molecule has 1 saturated carbocycles. The smallest absolute Gasteiger partial charge is 0.147 e. The summed E-state index contributed by atoms with van der Waals surface area (Å²) in [6.45, 7) is 0.732. The van der Waals surface area contributed by atoms with E-state index in [1.54, 1.807) is 0 Å². The fourth-order valence-corrected chi connectivity index (χ4v) is 3.23. The first kappa shape index (κ1) is 11.6. The van der Waals surface area contributed by atoms with Crippen molar-refractivity contribution in [3.8, 4) is 0 Å². The Morgan fingerprint density at radius 3 is 2.94 bits per heavy atom. The summed E-state index contributed by atoms with van der Waals surface area (Å²) in [6.07, 6.45) is 5.40. The number of pyridine rings is 1. The van der Waals surface area contributed by atoms with Crippen LogP contribution in [-0.2, 0) is 0 Å². The van der Waals surface area contributed by atoms with Gasteiger partial charge in [-0.15, -0.1) is 0 Å². The molecule has 2 heterocycles. The number of hydrogen-bond donors (Lipinski definition) is 1. The van der Waals surface area contributed by atoms with Crippen molar-refractivity contribution < 1.29 is 0 Å². The number of aromatic nitrogens is 1. The average molecular weight is 272 g/mol. The first-order valence-corrected chi connectivity index (χ1v) is 6.75. The van der Waals surface area contributed by atoms with Crippen molar-refractivity contribution in [3.63, 3.8) is 0 Å². The largest absolute Gasteiger partial charge is 0.364 e. The second kappa shape index (κ2) is 4.30. The molecule has 3 rings (SSSR count). The van der Waals surface area contributed by atoms with E-state index < -0.39 is 0 Å². The summed E-state index contributed by atoms with van der Waals surface area (Å²) in [6, 6.07) is 3.13. The molecule has 0 radical (unpaired) electrons. The zero-order valence-electron chi connectivity index (χ0n) is 9.44. The molecule has 1 saturated heterocycles. The van der Waals surface area contributed by atoms with Gasteiger partial charge < -0.3 is 10.6 Å². The third-order valence-corrected chi connectivity index (χ3v) is 4.48. The fraction of sp³-hybridized carbons (Fsp3) is 0.583. The molecule has 0 aromatic carbocycles. The van der Waals surface area contributed by atoms with E-state index >= 15 is 0 Å². The molecule has 2 aliphatic rings. The van der Waals surface area contributed by atoms with Crippen molar-refractivity contribution >= 4 is 28.9 Å². The fourth-order valence-electron chi connectivity index (χ4n) is 2.96. The molecule has 2 N–H and O–H groups in total. The van der Waals surface area contributed by atoms with Gasteiger partial charge in [0.25, 0.3) is 0 Å². The van der Waals surface area contributed by atoms with Gasteiger partial charge in [0.1, 0.15) is 5.15 Å². The van der Waals surface area contributed by atoms with Gasteiger partial charge in [-0.1, -0.05) is 23.2 Å². The molecule has 1 aliphatic carbocycles. The van der Waals surface area contributed by atoms with Gasteiger partial charge in [-0.3, -0.25) is 0 Å². The van der Waals surface area contributed by atoms with Crippen molar-refractivity contribution in [2.75, 3.05) is 11.4 Å². The van der Waals surface area contributed by atoms with Crippen LogP contribution in [0.4, 0.5) is 5.69 Å². The van der Waals surface area contributed by atoms with Crippen molar-refractivity contribution in [2.24, 2.45) is 11.7 Å². The summed E-state index contributed by atoms with van der Waals surface area (Å²) in [7, 11) is 0. The number of anilines is 1. The Balaban J connectivity index is 1.88. The molecule has 3 atom stereocenters. The topological polar surface area (TPSA) is 42.1 Å². The van der Waals surface area contributed by atoms with Crippen molar-refractivity contribution in [2.45, 2.75) is 31.3 Å². The maximum Gasteiger partial charge on any atom is 0.147 e. The monoisotopic (exact) mass is 271 g/mol. The van der Waals surface area contributed by atoms with Crippen LogP contribution in [0.2, 0.25) is 10.2 Å². The van der Waals surface area contributed by atoms with Crippen LogP contribution in [0.25, 0.3) is 0 Å². The van der Waals surface area contributed by atoms with E-state index in [2.05, 4.69) is 9.88 Å². The highest BCUT2D eigenvalue weighted by Gasteiger charge is 2.51. The van der Waals surface area contributed by atoms with Crippen LogP contribution >= 0.6 is 23.2 Å². The summed E-state index contributed by atoms with van der Waals surface area (Å²) >= 11 is 11.9. The Morgan fingerprint density at radius 1 is 1.41 bits per heavy atom. The van der Waals surface area contributed by atoms with Gasteiger partial charge in [-0.25, -0.2) is 4.98 Å². The highest BCUT2D eigenvalue weighted by atomic mass is 35.5. The molecule has 1 aromatic rings. The quantitative estimate of drug-likeness (QED) is 0.860. The van der Waals surface area contributed by atoms with Crippen LogP contribution in [0.5, 0.6) is 0 Å². The van der Waals surface area contributed by atoms with Gasteiger partial charge in [0, 0.05) is 12.1 Å². The Morgan fingerprint density at radius 2 is 2.24 bits per heavy atom. The summed E-state index contributed by atoms with van der Waals surface area (Å²) in [5.41, 5.74) is 6.76. The highest BCUT2D eigenvalue weighted by Crippen LogP contribution is 2.50. The summed E-state index contributed by atoms with van der Waals surface area (Å²) in [5, 5.41) is 0.900. The number of halogens is 2. The number of piperidine rings is 1. The van der Waals surface area contributed by atoms with E-state index in [4.69, 9.17) is 28.9 Å². The van der Waals surface area contributed by atoms with E-state index in [0.29, 0.717) is 22.3 Å². The van der Waals surface area contributed by atoms with Crippen molar-refractivity contribution in [3.05, 3.63) is 22.4 Å². The second-order valence-electron chi connectivity index (χ2n) is 4.90. The lowest BCUT2D eigenvalue weighted by Gasteiger charge is -2.29. The molecule has 1 aromatic heterocycles. The van der Waals surface area contributed by atoms with Gasteiger partial charge in [0.2, 0.25) is 0 Å². The number of hydrogen-bond acceptors (Lipinski definition) is 3. The summed E-state index contributed by atoms with van der Waals surface area (Å²) < 4.78 is 0. The van der Waals surface area contributed by atoms with Crippen LogP contribution in [0.1, 0.15) is 19.3 Å². The first-order chi connectivity index (χ1) is 8.20.